The quantitative estimate of drug-likeness (QED) is 0.855. The molecule has 2 aliphatic rings. The Morgan fingerprint density at radius 2 is 1.72 bits per heavy atom. The van der Waals surface area contributed by atoms with E-state index in [2.05, 4.69) is 0 Å². The van der Waals surface area contributed by atoms with Crippen LogP contribution in [0.15, 0.2) is 30.3 Å². The number of ether oxygens (including phenoxy) is 5. The van der Waals surface area contributed by atoms with Crippen LogP contribution in [0.1, 0.15) is 27.6 Å². The van der Waals surface area contributed by atoms with Crippen molar-refractivity contribution >= 4 is 5.78 Å². The van der Waals surface area contributed by atoms with E-state index in [-0.39, 0.29) is 5.78 Å². The van der Waals surface area contributed by atoms with E-state index in [9.17, 15) is 4.79 Å². The molecule has 2 aromatic carbocycles. The van der Waals surface area contributed by atoms with Gasteiger partial charge < -0.3 is 23.7 Å². The molecule has 0 amide bonds. The van der Waals surface area contributed by atoms with Gasteiger partial charge in [-0.2, -0.15) is 0 Å². The number of fused-ring (bicyclic) bond motifs is 4. The van der Waals surface area contributed by atoms with Crippen molar-refractivity contribution in [2.75, 3.05) is 21.3 Å². The fourth-order valence-corrected chi connectivity index (χ4v) is 3.32. The van der Waals surface area contributed by atoms with Crippen LogP contribution in [0, 0.1) is 0 Å². The normalized spacial score (nSPS) is 20.7. The van der Waals surface area contributed by atoms with Gasteiger partial charge >= 0.3 is 0 Å². The molecule has 2 unspecified atom stereocenters. The predicted molar refractivity (Wildman–Crippen MR) is 88.8 cm³/mol. The smallest absolute Gasteiger partial charge is 0.199 e. The van der Waals surface area contributed by atoms with E-state index in [1.165, 1.54) is 0 Å². The zero-order valence-corrected chi connectivity index (χ0v) is 14.2. The van der Waals surface area contributed by atoms with Gasteiger partial charge in [0.15, 0.2) is 29.5 Å². The second-order valence-corrected chi connectivity index (χ2v) is 5.90. The summed E-state index contributed by atoms with van der Waals surface area (Å²) in [7, 11) is 4.74. The van der Waals surface area contributed by atoms with Crippen LogP contribution < -0.4 is 18.9 Å². The summed E-state index contributed by atoms with van der Waals surface area (Å²) in [5, 5.41) is 0. The summed E-state index contributed by atoms with van der Waals surface area (Å²) in [6, 6.07) is 8.88. The summed E-state index contributed by atoms with van der Waals surface area (Å²) in [5.41, 5.74) is 2.29. The largest absolute Gasteiger partial charge is 0.497 e. The van der Waals surface area contributed by atoms with Crippen molar-refractivity contribution in [1.29, 1.82) is 0 Å². The van der Waals surface area contributed by atoms with Crippen LogP contribution in [-0.4, -0.2) is 33.2 Å². The van der Waals surface area contributed by atoms with Gasteiger partial charge in [0, 0.05) is 11.6 Å². The molecule has 0 fully saturated rings. The molecule has 0 aromatic heterocycles. The Hall–Kier alpha value is -2.73. The number of hydrogen-bond acceptors (Lipinski definition) is 6. The minimum absolute atomic E-state index is 0.0886. The first-order chi connectivity index (χ1) is 12.2. The van der Waals surface area contributed by atoms with Gasteiger partial charge in [0.05, 0.1) is 33.5 Å². The van der Waals surface area contributed by atoms with Gasteiger partial charge in [0.2, 0.25) is 0 Å². The molecule has 2 atom stereocenters. The van der Waals surface area contributed by atoms with Gasteiger partial charge in [-0.3, -0.25) is 4.79 Å². The number of ketones is 1. The zero-order valence-electron chi connectivity index (χ0n) is 14.2. The highest BCUT2D eigenvalue weighted by Gasteiger charge is 2.43. The molecule has 4 rings (SSSR count). The van der Waals surface area contributed by atoms with Crippen LogP contribution in [0.25, 0.3) is 0 Å². The Labute approximate surface area is 145 Å². The fraction of sp³-hybridized carbons (Fsp3) is 0.316. The van der Waals surface area contributed by atoms with Crippen LogP contribution in [0.4, 0.5) is 0 Å². The second kappa shape index (κ2) is 5.97. The Morgan fingerprint density at radius 1 is 0.960 bits per heavy atom. The van der Waals surface area contributed by atoms with E-state index in [0.29, 0.717) is 35.2 Å². The maximum absolute atomic E-state index is 12.8. The van der Waals surface area contributed by atoms with E-state index in [0.717, 1.165) is 11.1 Å². The van der Waals surface area contributed by atoms with Gasteiger partial charge in [-0.1, -0.05) is 0 Å². The molecule has 130 valence electrons. The third-order valence-corrected chi connectivity index (χ3v) is 4.61. The van der Waals surface area contributed by atoms with Crippen molar-refractivity contribution in [1.82, 2.24) is 0 Å². The van der Waals surface area contributed by atoms with E-state index >= 15 is 0 Å². The van der Waals surface area contributed by atoms with Crippen molar-refractivity contribution in [2.45, 2.75) is 18.8 Å². The minimum atomic E-state index is -0.675. The molecule has 0 bridgehead atoms. The third kappa shape index (κ3) is 2.41. The number of carbonyl (C=O) groups excluding carboxylic acids is 1. The standard InChI is InChI=1S/C19H18O6/c1-21-11-4-5-12-14(7-11)25-18-13-8-16(23-3)15(22-2)6-10(13)9-24-19(18)17(12)20/h4-8,18-19H,9H2,1-3H3. The van der Waals surface area contributed by atoms with Crippen molar-refractivity contribution in [3.8, 4) is 23.0 Å². The predicted octanol–water partition coefficient (Wildman–Crippen LogP) is 2.93. The van der Waals surface area contributed by atoms with Crippen molar-refractivity contribution in [2.24, 2.45) is 0 Å². The number of Topliss-reactive ketones (excluding diaryl/α,β-unsaturated/α-hetero) is 1. The van der Waals surface area contributed by atoms with Gasteiger partial charge in [0.25, 0.3) is 0 Å². The van der Waals surface area contributed by atoms with Crippen molar-refractivity contribution in [3.63, 3.8) is 0 Å². The van der Waals surface area contributed by atoms with E-state index in [1.807, 2.05) is 12.1 Å². The topological polar surface area (TPSA) is 63.2 Å². The number of carbonyl (C=O) groups is 1. The summed E-state index contributed by atoms with van der Waals surface area (Å²) in [5.74, 6) is 2.25. The third-order valence-electron chi connectivity index (χ3n) is 4.61. The molecule has 0 radical (unpaired) electrons. The lowest BCUT2D eigenvalue weighted by atomic mass is 9.88. The first-order valence-electron chi connectivity index (χ1n) is 7.91. The number of methoxy groups -OCH3 is 3. The number of benzene rings is 2. The molecule has 0 spiro atoms. The fourth-order valence-electron chi connectivity index (χ4n) is 3.32. The Morgan fingerprint density at radius 3 is 2.44 bits per heavy atom. The zero-order chi connectivity index (χ0) is 17.6. The van der Waals surface area contributed by atoms with Gasteiger partial charge in [-0.05, 0) is 29.8 Å². The molecule has 6 heteroatoms. The average Bonchev–Trinajstić information content (AvgIpc) is 2.66. The van der Waals surface area contributed by atoms with Crippen LogP contribution >= 0.6 is 0 Å². The molecule has 6 nitrogen and oxygen atoms in total. The molecule has 0 N–H and O–H groups in total. The molecule has 2 heterocycles. The van der Waals surface area contributed by atoms with Gasteiger partial charge in [0.1, 0.15) is 11.5 Å². The lowest BCUT2D eigenvalue weighted by molar-refractivity contribution is -0.0424. The highest BCUT2D eigenvalue weighted by atomic mass is 16.6. The highest BCUT2D eigenvalue weighted by molar-refractivity contribution is 6.03. The van der Waals surface area contributed by atoms with Crippen LogP contribution in [-0.2, 0) is 11.3 Å². The SMILES string of the molecule is COc1ccc2c(c1)OC1c3cc(OC)c(OC)cc3COC1C2=O. The van der Waals surface area contributed by atoms with E-state index in [1.54, 1.807) is 39.5 Å². The molecule has 0 saturated heterocycles. The first kappa shape index (κ1) is 15.8. The highest BCUT2D eigenvalue weighted by Crippen LogP contribution is 2.44. The molecular weight excluding hydrogens is 324 g/mol. The first-order valence-corrected chi connectivity index (χ1v) is 7.91. The summed E-state index contributed by atoms with van der Waals surface area (Å²) in [6.07, 6.45) is -1.21. The lowest BCUT2D eigenvalue weighted by Gasteiger charge is -2.37. The monoisotopic (exact) mass is 342 g/mol. The van der Waals surface area contributed by atoms with Crippen molar-refractivity contribution < 1.29 is 28.5 Å². The summed E-state index contributed by atoms with van der Waals surface area (Å²) in [4.78, 5) is 12.8. The molecular formula is C19H18O6. The maximum atomic E-state index is 12.8. The van der Waals surface area contributed by atoms with Gasteiger partial charge in [-0.15, -0.1) is 0 Å². The number of hydrogen-bond donors (Lipinski definition) is 0. The van der Waals surface area contributed by atoms with Gasteiger partial charge in [-0.25, -0.2) is 0 Å². The minimum Gasteiger partial charge on any atom is -0.497 e. The molecule has 0 aliphatic carbocycles. The van der Waals surface area contributed by atoms with E-state index in [4.69, 9.17) is 23.7 Å². The maximum Gasteiger partial charge on any atom is 0.199 e. The molecule has 0 saturated carbocycles. The number of rotatable bonds is 3. The van der Waals surface area contributed by atoms with Crippen LogP contribution in [0.3, 0.4) is 0 Å². The summed E-state index contributed by atoms with van der Waals surface area (Å²) < 4.78 is 27.9. The summed E-state index contributed by atoms with van der Waals surface area (Å²) in [6.45, 7) is 0.317. The Kier molecular flexibility index (Phi) is 3.77. The lowest BCUT2D eigenvalue weighted by Crippen LogP contribution is -2.41. The van der Waals surface area contributed by atoms with Crippen molar-refractivity contribution in [3.05, 3.63) is 47.0 Å². The molecule has 2 aliphatic heterocycles. The second-order valence-electron chi connectivity index (χ2n) is 5.90. The molecule has 25 heavy (non-hydrogen) atoms. The average molecular weight is 342 g/mol. The Balaban J connectivity index is 1.81. The molecule has 2 aromatic rings. The van der Waals surface area contributed by atoms with Crippen LogP contribution in [0.5, 0.6) is 23.0 Å². The van der Waals surface area contributed by atoms with E-state index < -0.39 is 12.2 Å². The Bertz CT molecular complexity index is 844. The summed E-state index contributed by atoms with van der Waals surface area (Å²) >= 11 is 0. The van der Waals surface area contributed by atoms with Crippen LogP contribution in [0.2, 0.25) is 0 Å².